The number of fused-ring (bicyclic) bond motifs is 1. The lowest BCUT2D eigenvalue weighted by Crippen LogP contribution is -2.22. The van der Waals surface area contributed by atoms with Crippen molar-refractivity contribution in [3.63, 3.8) is 0 Å². The number of benzene rings is 2. The zero-order chi connectivity index (χ0) is 22.3. The van der Waals surface area contributed by atoms with E-state index < -0.39 is 0 Å². The van der Waals surface area contributed by atoms with Crippen LogP contribution in [-0.2, 0) is 16.3 Å². The maximum Gasteiger partial charge on any atom is 0.243 e. The maximum absolute atomic E-state index is 12.4. The summed E-state index contributed by atoms with van der Waals surface area (Å²) in [7, 11) is 0. The summed E-state index contributed by atoms with van der Waals surface area (Å²) < 4.78 is 7.35. The highest BCUT2D eigenvalue weighted by molar-refractivity contribution is 6.30. The molecule has 0 saturated heterocycles. The van der Waals surface area contributed by atoms with Crippen molar-refractivity contribution >= 4 is 40.0 Å². The molecule has 0 bridgehead atoms. The number of hydrogen-bond donors (Lipinski definition) is 3. The molecule has 0 aliphatic carbocycles. The van der Waals surface area contributed by atoms with Gasteiger partial charge in [-0.15, -0.1) is 0 Å². The van der Waals surface area contributed by atoms with E-state index in [-0.39, 0.29) is 32.4 Å². The smallest absolute Gasteiger partial charge is 0.243 e. The summed E-state index contributed by atoms with van der Waals surface area (Å²) in [6.45, 7) is 0.420. The van der Waals surface area contributed by atoms with Crippen molar-refractivity contribution in [2.45, 2.75) is 6.73 Å². The minimum Gasteiger partial charge on any atom is -0.394 e. The monoisotopic (exact) mass is 451 g/mol. The Bertz CT molecular complexity index is 1200. The van der Waals surface area contributed by atoms with Crippen LogP contribution in [0.3, 0.4) is 0 Å². The Labute approximate surface area is 189 Å². The molecule has 8 nitrogen and oxygen atoms in total. The number of nitrogens with zero attached hydrogens (tertiary/aromatic N) is 3. The predicted octanol–water partition coefficient (Wildman–Crippen LogP) is 3.77. The van der Waals surface area contributed by atoms with Gasteiger partial charge < -0.3 is 25.0 Å². The van der Waals surface area contributed by atoms with Gasteiger partial charge in [-0.05, 0) is 29.8 Å². The molecule has 32 heavy (non-hydrogen) atoms. The third-order valence-electron chi connectivity index (χ3n) is 4.75. The van der Waals surface area contributed by atoms with Gasteiger partial charge in [0, 0.05) is 22.5 Å². The van der Waals surface area contributed by atoms with Gasteiger partial charge in [-0.2, -0.15) is 0 Å². The fraction of sp³-hybridized carbons (Fsp3) is 0.174. The van der Waals surface area contributed by atoms with E-state index in [4.69, 9.17) is 21.4 Å². The van der Waals surface area contributed by atoms with Gasteiger partial charge in [0.1, 0.15) is 24.5 Å². The highest BCUT2D eigenvalue weighted by Gasteiger charge is 2.17. The molecule has 0 saturated carbocycles. The van der Waals surface area contributed by atoms with Crippen LogP contribution in [0, 0.1) is 0 Å². The number of ether oxygens (including phenoxy) is 1. The standard InChI is InChI=1S/C23H22ClN5O3/c24-17-6-8-18(9-7-17)28-20(31)12-25-22-21-19(16-4-2-1-3-5-16)13-29(15-32-11-10-30)23(21)27-14-26-22/h1-9,13-14,30H,10-12,15H2,(H,28,31)(H,25,26,27). The van der Waals surface area contributed by atoms with E-state index in [1.807, 2.05) is 41.1 Å². The van der Waals surface area contributed by atoms with Gasteiger partial charge in [0.25, 0.3) is 0 Å². The summed E-state index contributed by atoms with van der Waals surface area (Å²) in [4.78, 5) is 21.2. The van der Waals surface area contributed by atoms with Gasteiger partial charge in [-0.25, -0.2) is 9.97 Å². The van der Waals surface area contributed by atoms with Crippen molar-refractivity contribution in [1.82, 2.24) is 14.5 Å². The first kappa shape index (κ1) is 21.8. The Morgan fingerprint density at radius 3 is 2.62 bits per heavy atom. The van der Waals surface area contributed by atoms with E-state index in [0.29, 0.717) is 22.2 Å². The van der Waals surface area contributed by atoms with Crippen LogP contribution in [-0.4, -0.2) is 45.3 Å². The normalized spacial score (nSPS) is 10.9. The average Bonchev–Trinajstić information content (AvgIpc) is 3.19. The number of rotatable bonds is 9. The first-order valence-corrected chi connectivity index (χ1v) is 10.4. The van der Waals surface area contributed by atoms with Gasteiger partial charge in [0.2, 0.25) is 5.91 Å². The van der Waals surface area contributed by atoms with Gasteiger partial charge in [-0.3, -0.25) is 4.79 Å². The first-order valence-electron chi connectivity index (χ1n) is 10.0. The molecule has 0 aliphatic rings. The Morgan fingerprint density at radius 1 is 1.09 bits per heavy atom. The first-order chi connectivity index (χ1) is 15.7. The van der Waals surface area contributed by atoms with Crippen molar-refractivity contribution in [1.29, 1.82) is 0 Å². The fourth-order valence-electron chi connectivity index (χ4n) is 3.32. The summed E-state index contributed by atoms with van der Waals surface area (Å²) in [6, 6.07) is 16.8. The second-order valence-electron chi connectivity index (χ2n) is 6.97. The predicted molar refractivity (Wildman–Crippen MR) is 125 cm³/mol. The van der Waals surface area contributed by atoms with Gasteiger partial charge in [-0.1, -0.05) is 41.9 Å². The zero-order valence-corrected chi connectivity index (χ0v) is 17.9. The van der Waals surface area contributed by atoms with Crippen LogP contribution < -0.4 is 10.6 Å². The second-order valence-corrected chi connectivity index (χ2v) is 7.41. The Hall–Kier alpha value is -3.46. The van der Waals surface area contributed by atoms with Crippen LogP contribution in [0.2, 0.25) is 5.02 Å². The van der Waals surface area contributed by atoms with E-state index in [2.05, 4.69) is 20.6 Å². The summed E-state index contributed by atoms with van der Waals surface area (Å²) in [5, 5.41) is 16.3. The quantitative estimate of drug-likeness (QED) is 0.335. The van der Waals surface area contributed by atoms with Gasteiger partial charge >= 0.3 is 0 Å². The van der Waals surface area contributed by atoms with Crippen molar-refractivity contribution in [3.05, 3.63) is 72.1 Å². The molecule has 9 heteroatoms. The van der Waals surface area contributed by atoms with Crippen LogP contribution in [0.15, 0.2) is 67.1 Å². The molecule has 164 valence electrons. The molecule has 1 amide bonds. The van der Waals surface area contributed by atoms with Crippen molar-refractivity contribution in [2.24, 2.45) is 0 Å². The molecule has 4 aromatic rings. The van der Waals surface area contributed by atoms with Gasteiger partial charge in [0.15, 0.2) is 0 Å². The highest BCUT2D eigenvalue weighted by Crippen LogP contribution is 2.33. The van der Waals surface area contributed by atoms with E-state index >= 15 is 0 Å². The maximum atomic E-state index is 12.4. The van der Waals surface area contributed by atoms with E-state index in [0.717, 1.165) is 16.5 Å². The van der Waals surface area contributed by atoms with Crippen molar-refractivity contribution in [3.8, 4) is 11.1 Å². The number of aliphatic hydroxyl groups is 1. The molecular weight excluding hydrogens is 430 g/mol. The average molecular weight is 452 g/mol. The number of hydrogen-bond acceptors (Lipinski definition) is 6. The van der Waals surface area contributed by atoms with E-state index in [9.17, 15) is 4.79 Å². The molecule has 2 heterocycles. The van der Waals surface area contributed by atoms with E-state index in [1.54, 1.807) is 24.3 Å². The van der Waals surface area contributed by atoms with Crippen LogP contribution in [0.4, 0.5) is 11.5 Å². The molecule has 4 rings (SSSR count). The second kappa shape index (κ2) is 10.2. The van der Waals surface area contributed by atoms with Crippen LogP contribution in [0.25, 0.3) is 22.2 Å². The molecule has 0 aliphatic heterocycles. The minimum atomic E-state index is -0.217. The number of aliphatic hydroxyl groups excluding tert-OH is 1. The number of carbonyl (C=O) groups is 1. The molecule has 2 aromatic heterocycles. The van der Waals surface area contributed by atoms with Crippen LogP contribution in [0.5, 0.6) is 0 Å². The lowest BCUT2D eigenvalue weighted by atomic mass is 10.1. The number of nitrogens with one attached hydrogen (secondary N) is 2. The third kappa shape index (κ3) is 5.05. The third-order valence-corrected chi connectivity index (χ3v) is 5.00. The number of carbonyl (C=O) groups excluding carboxylic acids is 1. The minimum absolute atomic E-state index is 0.0230. The number of aromatic nitrogens is 3. The van der Waals surface area contributed by atoms with Crippen molar-refractivity contribution < 1.29 is 14.6 Å². The molecule has 0 radical (unpaired) electrons. The van der Waals surface area contributed by atoms with Gasteiger partial charge in [0.05, 0.1) is 25.1 Å². The summed E-state index contributed by atoms with van der Waals surface area (Å²) in [5.74, 6) is 0.326. The Kier molecular flexibility index (Phi) is 6.96. The lowest BCUT2D eigenvalue weighted by molar-refractivity contribution is -0.114. The summed E-state index contributed by atoms with van der Waals surface area (Å²) in [5.41, 5.74) is 3.22. The molecule has 0 atom stereocenters. The SMILES string of the molecule is O=C(CNc1ncnc2c1c(-c1ccccc1)cn2COCCO)Nc1ccc(Cl)cc1. The number of amides is 1. The molecule has 3 N–H and O–H groups in total. The largest absolute Gasteiger partial charge is 0.394 e. The molecule has 2 aromatic carbocycles. The Morgan fingerprint density at radius 2 is 1.88 bits per heavy atom. The summed E-state index contributed by atoms with van der Waals surface area (Å²) >= 11 is 5.89. The molecule has 0 spiro atoms. The zero-order valence-electron chi connectivity index (χ0n) is 17.2. The highest BCUT2D eigenvalue weighted by atomic mass is 35.5. The van der Waals surface area contributed by atoms with E-state index in [1.165, 1.54) is 6.33 Å². The molecular formula is C23H22ClN5O3. The summed E-state index contributed by atoms with van der Waals surface area (Å²) in [6.07, 6.45) is 3.38. The number of halogens is 1. The molecule has 0 fully saturated rings. The van der Waals surface area contributed by atoms with Crippen LogP contribution in [0.1, 0.15) is 0 Å². The molecule has 0 unspecified atom stereocenters. The van der Waals surface area contributed by atoms with Crippen LogP contribution >= 0.6 is 11.6 Å². The topological polar surface area (TPSA) is 101 Å². The van der Waals surface area contributed by atoms with Crippen molar-refractivity contribution in [2.75, 3.05) is 30.4 Å². The Balaban J connectivity index is 1.60. The lowest BCUT2D eigenvalue weighted by Gasteiger charge is -2.10. The number of anilines is 2. The fourth-order valence-corrected chi connectivity index (χ4v) is 3.45.